The summed E-state index contributed by atoms with van der Waals surface area (Å²) in [6.07, 6.45) is -4.80. The molecule has 1 N–H and O–H groups in total. The first-order valence-corrected chi connectivity index (χ1v) is 4.80. The van der Waals surface area contributed by atoms with E-state index in [1.165, 1.54) is 0 Å². The molecule has 86 valence electrons. The molecule has 0 bridgehead atoms. The second kappa shape index (κ2) is 6.24. The predicted molar refractivity (Wildman–Crippen MR) is 51.3 cm³/mol. The molecule has 0 aliphatic rings. The number of nitrogens with one attached hydrogen (secondary N) is 1. The fraction of sp³-hybridized carbons (Fsp3) is 1.00. The van der Waals surface area contributed by atoms with Crippen molar-refractivity contribution in [2.45, 2.75) is 32.5 Å². The van der Waals surface area contributed by atoms with Gasteiger partial charge in [0, 0.05) is 25.7 Å². The van der Waals surface area contributed by atoms with Crippen LogP contribution in [0.5, 0.6) is 0 Å². The lowest BCUT2D eigenvalue weighted by atomic mass is 10.3. The van der Waals surface area contributed by atoms with Gasteiger partial charge in [-0.3, -0.25) is 0 Å². The normalized spacial score (nSPS) is 12.9. The Morgan fingerprint density at radius 1 is 1.21 bits per heavy atom. The molecule has 0 atom stereocenters. The van der Waals surface area contributed by atoms with E-state index in [4.69, 9.17) is 0 Å². The van der Waals surface area contributed by atoms with E-state index in [0.29, 0.717) is 12.6 Å². The van der Waals surface area contributed by atoms with Crippen molar-refractivity contribution in [3.8, 4) is 0 Å². The molecule has 0 saturated heterocycles. The lowest BCUT2D eigenvalue weighted by Gasteiger charge is -2.21. The van der Waals surface area contributed by atoms with Gasteiger partial charge in [0.2, 0.25) is 0 Å². The van der Waals surface area contributed by atoms with E-state index in [0.717, 1.165) is 6.54 Å². The van der Waals surface area contributed by atoms with Crippen LogP contribution in [0.15, 0.2) is 0 Å². The average molecular weight is 212 g/mol. The number of halogens is 3. The van der Waals surface area contributed by atoms with Gasteiger partial charge in [0.25, 0.3) is 0 Å². The van der Waals surface area contributed by atoms with Crippen LogP contribution in [0.3, 0.4) is 0 Å². The molecule has 0 saturated carbocycles. The molecule has 0 amide bonds. The summed E-state index contributed by atoms with van der Waals surface area (Å²) in [6.45, 7) is 5.49. The Morgan fingerprint density at radius 3 is 2.21 bits per heavy atom. The highest BCUT2D eigenvalue weighted by atomic mass is 19.4. The van der Waals surface area contributed by atoms with Crippen molar-refractivity contribution in [1.82, 2.24) is 10.2 Å². The van der Waals surface area contributed by atoms with Crippen molar-refractivity contribution in [2.24, 2.45) is 0 Å². The van der Waals surface area contributed by atoms with Gasteiger partial charge in [-0.25, -0.2) is 0 Å². The van der Waals surface area contributed by atoms with Crippen LogP contribution in [0.1, 0.15) is 20.3 Å². The van der Waals surface area contributed by atoms with E-state index in [2.05, 4.69) is 24.1 Å². The van der Waals surface area contributed by atoms with Crippen molar-refractivity contribution in [3.05, 3.63) is 0 Å². The number of hydrogen-bond acceptors (Lipinski definition) is 2. The van der Waals surface area contributed by atoms with Crippen molar-refractivity contribution in [3.63, 3.8) is 0 Å². The lowest BCUT2D eigenvalue weighted by Crippen LogP contribution is -2.34. The van der Waals surface area contributed by atoms with Gasteiger partial charge in [-0.15, -0.1) is 0 Å². The molecule has 0 aliphatic heterocycles. The molecular weight excluding hydrogens is 193 g/mol. The van der Waals surface area contributed by atoms with Gasteiger partial charge in [0.1, 0.15) is 0 Å². The van der Waals surface area contributed by atoms with Gasteiger partial charge in [-0.05, 0) is 20.9 Å². The summed E-state index contributed by atoms with van der Waals surface area (Å²) in [6, 6.07) is 0.430. The molecule has 0 aromatic carbocycles. The summed E-state index contributed by atoms with van der Waals surface area (Å²) in [4.78, 5) is 2.08. The Kier molecular flexibility index (Phi) is 6.11. The van der Waals surface area contributed by atoms with Gasteiger partial charge in [0.05, 0.1) is 6.42 Å². The van der Waals surface area contributed by atoms with E-state index >= 15 is 0 Å². The summed E-state index contributed by atoms with van der Waals surface area (Å²) >= 11 is 0. The molecule has 0 heterocycles. The maximum atomic E-state index is 11.7. The van der Waals surface area contributed by atoms with Crippen LogP contribution >= 0.6 is 0 Å². The van der Waals surface area contributed by atoms with Crippen LogP contribution in [0.4, 0.5) is 13.2 Å². The smallest absolute Gasteiger partial charge is 0.315 e. The zero-order valence-corrected chi connectivity index (χ0v) is 8.99. The molecule has 0 fully saturated rings. The Morgan fingerprint density at radius 2 is 1.79 bits per heavy atom. The maximum Gasteiger partial charge on any atom is 0.390 e. The Hall–Kier alpha value is -0.290. The molecule has 5 heteroatoms. The molecule has 0 unspecified atom stereocenters. The Balaban J connectivity index is 3.30. The summed E-state index contributed by atoms with van der Waals surface area (Å²) in [5, 5.41) is 2.77. The van der Waals surface area contributed by atoms with Crippen molar-refractivity contribution in [1.29, 1.82) is 0 Å². The standard InChI is InChI=1S/C9H19F3N2/c1-8(2)14(3)7-6-13-5-4-9(10,11)12/h8,13H,4-7H2,1-3H3. The van der Waals surface area contributed by atoms with Crippen LogP contribution in [0, 0.1) is 0 Å². The van der Waals surface area contributed by atoms with Gasteiger partial charge in [-0.2, -0.15) is 13.2 Å². The number of alkyl halides is 3. The van der Waals surface area contributed by atoms with Crippen LogP contribution in [-0.4, -0.2) is 43.8 Å². The van der Waals surface area contributed by atoms with Crippen molar-refractivity contribution >= 4 is 0 Å². The third kappa shape index (κ3) is 8.31. The Labute approximate surface area is 83.5 Å². The summed E-state index contributed by atoms with van der Waals surface area (Å²) in [5.74, 6) is 0. The summed E-state index contributed by atoms with van der Waals surface area (Å²) in [5.41, 5.74) is 0. The van der Waals surface area contributed by atoms with Crippen LogP contribution < -0.4 is 5.32 Å². The number of rotatable bonds is 6. The van der Waals surface area contributed by atoms with E-state index < -0.39 is 12.6 Å². The Bertz CT molecular complexity index is 145. The van der Waals surface area contributed by atoms with Crippen molar-refractivity contribution < 1.29 is 13.2 Å². The molecule has 0 spiro atoms. The second-order valence-electron chi connectivity index (χ2n) is 3.69. The number of nitrogens with zero attached hydrogens (tertiary/aromatic N) is 1. The van der Waals surface area contributed by atoms with Crippen LogP contribution in [-0.2, 0) is 0 Å². The fourth-order valence-electron chi connectivity index (χ4n) is 0.869. The SMILES string of the molecule is CC(C)N(C)CCNCCC(F)(F)F. The minimum atomic E-state index is -4.04. The van der Waals surface area contributed by atoms with Gasteiger partial charge in [-0.1, -0.05) is 0 Å². The molecule has 0 radical (unpaired) electrons. The highest BCUT2D eigenvalue weighted by Crippen LogP contribution is 2.17. The zero-order chi connectivity index (χ0) is 11.2. The maximum absolute atomic E-state index is 11.7. The highest BCUT2D eigenvalue weighted by molar-refractivity contribution is 4.60. The van der Waals surface area contributed by atoms with Crippen LogP contribution in [0.25, 0.3) is 0 Å². The van der Waals surface area contributed by atoms with Gasteiger partial charge in [0.15, 0.2) is 0 Å². The zero-order valence-electron chi connectivity index (χ0n) is 8.99. The summed E-state index contributed by atoms with van der Waals surface area (Å²) < 4.78 is 35.2. The van der Waals surface area contributed by atoms with E-state index in [1.807, 2.05) is 7.05 Å². The quantitative estimate of drug-likeness (QED) is 0.676. The molecule has 0 aromatic rings. The first-order valence-electron chi connectivity index (χ1n) is 4.80. The summed E-state index contributed by atoms with van der Waals surface area (Å²) in [7, 11) is 1.95. The average Bonchev–Trinajstić information content (AvgIpc) is 2.01. The molecule has 0 aromatic heterocycles. The number of likely N-dealkylation sites (N-methyl/N-ethyl adjacent to an activating group) is 1. The molecule has 14 heavy (non-hydrogen) atoms. The minimum Gasteiger partial charge on any atom is -0.315 e. The molecule has 2 nitrogen and oxygen atoms in total. The van der Waals surface area contributed by atoms with Crippen LogP contribution in [0.2, 0.25) is 0 Å². The highest BCUT2D eigenvalue weighted by Gasteiger charge is 2.25. The third-order valence-electron chi connectivity index (χ3n) is 2.11. The number of hydrogen-bond donors (Lipinski definition) is 1. The fourth-order valence-corrected chi connectivity index (χ4v) is 0.869. The first kappa shape index (κ1) is 13.7. The van der Waals surface area contributed by atoms with E-state index in [-0.39, 0.29) is 6.54 Å². The predicted octanol–water partition coefficient (Wildman–Crippen LogP) is 1.87. The van der Waals surface area contributed by atoms with Gasteiger partial charge >= 0.3 is 6.18 Å². The van der Waals surface area contributed by atoms with E-state index in [9.17, 15) is 13.2 Å². The van der Waals surface area contributed by atoms with Gasteiger partial charge < -0.3 is 10.2 Å². The van der Waals surface area contributed by atoms with Crippen molar-refractivity contribution in [2.75, 3.05) is 26.7 Å². The molecule has 0 aliphatic carbocycles. The topological polar surface area (TPSA) is 15.3 Å². The third-order valence-corrected chi connectivity index (χ3v) is 2.11. The van der Waals surface area contributed by atoms with E-state index in [1.54, 1.807) is 0 Å². The monoisotopic (exact) mass is 212 g/mol. The second-order valence-corrected chi connectivity index (χ2v) is 3.69. The lowest BCUT2D eigenvalue weighted by molar-refractivity contribution is -0.133. The molecular formula is C9H19F3N2. The molecule has 0 rings (SSSR count). The minimum absolute atomic E-state index is 0.00936. The first-order chi connectivity index (χ1) is 6.33. The largest absolute Gasteiger partial charge is 0.390 e.